The summed E-state index contributed by atoms with van der Waals surface area (Å²) < 4.78 is 0. The monoisotopic (exact) mass is 525 g/mol. The molecule has 0 radical (unpaired) electrons. The van der Waals surface area contributed by atoms with Gasteiger partial charge in [0.15, 0.2) is 0 Å². The van der Waals surface area contributed by atoms with Crippen molar-refractivity contribution >= 4 is 29.6 Å². The molecular weight excluding hydrogens is 490 g/mol. The van der Waals surface area contributed by atoms with Crippen LogP contribution in [0.5, 0.6) is 0 Å². The number of hydrogen-bond donors (Lipinski definition) is 6. The predicted molar refractivity (Wildman–Crippen MR) is 140 cm³/mol. The maximum atomic E-state index is 13.2. The Bertz CT molecular complexity index is 1110. The number of primary amides is 1. The van der Waals surface area contributed by atoms with Crippen LogP contribution in [0.1, 0.15) is 31.4 Å². The summed E-state index contributed by atoms with van der Waals surface area (Å²) in [5.41, 5.74) is 12.8. The normalized spacial score (nSPS) is 14.0. The van der Waals surface area contributed by atoms with Crippen LogP contribution in [0.3, 0.4) is 0 Å². The molecule has 11 nitrogen and oxygen atoms in total. The van der Waals surface area contributed by atoms with Gasteiger partial charge in [0.25, 0.3) is 0 Å². The number of benzene rings is 2. The first-order valence-corrected chi connectivity index (χ1v) is 12.2. The van der Waals surface area contributed by atoms with Gasteiger partial charge in [-0.1, -0.05) is 74.5 Å². The molecule has 2 rings (SSSR count). The molecule has 0 aliphatic carbocycles. The number of aliphatic carboxylic acids is 1. The highest BCUT2D eigenvalue weighted by molar-refractivity contribution is 5.96. The molecule has 0 bridgehead atoms. The smallest absolute Gasteiger partial charge is 0.326 e. The Labute approximate surface area is 221 Å². The van der Waals surface area contributed by atoms with Gasteiger partial charge in [-0.2, -0.15) is 0 Å². The van der Waals surface area contributed by atoms with Crippen molar-refractivity contribution in [3.63, 3.8) is 0 Å². The first kappa shape index (κ1) is 30.0. The molecule has 0 heterocycles. The Morgan fingerprint density at radius 3 is 1.68 bits per heavy atom. The number of hydrogen-bond acceptors (Lipinski definition) is 6. The zero-order chi connectivity index (χ0) is 28.2. The van der Waals surface area contributed by atoms with Crippen LogP contribution in [0.15, 0.2) is 60.7 Å². The largest absolute Gasteiger partial charge is 0.480 e. The van der Waals surface area contributed by atoms with Gasteiger partial charge >= 0.3 is 5.97 Å². The van der Waals surface area contributed by atoms with E-state index in [4.69, 9.17) is 11.5 Å². The lowest BCUT2D eigenvalue weighted by molar-refractivity contribution is -0.143. The van der Waals surface area contributed by atoms with Gasteiger partial charge in [-0.3, -0.25) is 19.2 Å². The van der Waals surface area contributed by atoms with Crippen molar-refractivity contribution in [2.24, 2.45) is 17.4 Å². The molecule has 38 heavy (non-hydrogen) atoms. The van der Waals surface area contributed by atoms with Crippen molar-refractivity contribution in [2.45, 2.75) is 57.3 Å². The molecule has 4 atom stereocenters. The zero-order valence-electron chi connectivity index (χ0n) is 21.4. The number of rotatable bonds is 14. The van der Waals surface area contributed by atoms with Crippen molar-refractivity contribution < 1.29 is 29.1 Å². The molecule has 2 aromatic carbocycles. The van der Waals surface area contributed by atoms with Gasteiger partial charge in [-0.15, -0.1) is 0 Å². The third-order valence-corrected chi connectivity index (χ3v) is 5.82. The van der Waals surface area contributed by atoms with Gasteiger partial charge in [0.1, 0.15) is 18.1 Å². The summed E-state index contributed by atoms with van der Waals surface area (Å²) in [4.78, 5) is 62.3. The van der Waals surface area contributed by atoms with Crippen LogP contribution in [0, 0.1) is 5.92 Å². The van der Waals surface area contributed by atoms with Gasteiger partial charge in [0, 0.05) is 6.42 Å². The van der Waals surface area contributed by atoms with Gasteiger partial charge in [0.05, 0.1) is 12.5 Å². The van der Waals surface area contributed by atoms with Crippen LogP contribution in [0.25, 0.3) is 0 Å². The van der Waals surface area contributed by atoms with E-state index >= 15 is 0 Å². The van der Waals surface area contributed by atoms with Gasteiger partial charge in [0.2, 0.25) is 23.6 Å². The second-order valence-electron chi connectivity index (χ2n) is 9.35. The van der Waals surface area contributed by atoms with E-state index in [0.29, 0.717) is 5.56 Å². The fourth-order valence-electron chi connectivity index (χ4n) is 3.75. The number of nitrogens with one attached hydrogen (secondary N) is 3. The number of carboxylic acids is 1. The van der Waals surface area contributed by atoms with Gasteiger partial charge < -0.3 is 32.5 Å². The third-order valence-electron chi connectivity index (χ3n) is 5.82. The maximum Gasteiger partial charge on any atom is 0.326 e. The van der Waals surface area contributed by atoms with Crippen LogP contribution in [-0.4, -0.2) is 58.9 Å². The van der Waals surface area contributed by atoms with Gasteiger partial charge in [-0.05, 0) is 23.5 Å². The van der Waals surface area contributed by atoms with Crippen molar-refractivity contribution in [3.05, 3.63) is 71.8 Å². The number of carbonyl (C=O) groups excluding carboxylic acids is 4. The van der Waals surface area contributed by atoms with E-state index in [1.54, 1.807) is 68.4 Å². The second-order valence-corrected chi connectivity index (χ2v) is 9.35. The minimum atomic E-state index is -1.40. The van der Waals surface area contributed by atoms with Crippen LogP contribution in [0.4, 0.5) is 0 Å². The van der Waals surface area contributed by atoms with Crippen molar-refractivity contribution in [1.82, 2.24) is 16.0 Å². The summed E-state index contributed by atoms with van der Waals surface area (Å²) in [6.07, 6.45) is -0.297. The number of amides is 4. The Morgan fingerprint density at radius 1 is 0.737 bits per heavy atom. The van der Waals surface area contributed by atoms with E-state index in [1.807, 2.05) is 6.07 Å². The summed E-state index contributed by atoms with van der Waals surface area (Å²) in [7, 11) is 0. The molecule has 2 aromatic rings. The highest BCUT2D eigenvalue weighted by Gasteiger charge is 2.32. The summed E-state index contributed by atoms with van der Waals surface area (Å²) in [6.45, 7) is 3.28. The predicted octanol–water partition coefficient (Wildman–Crippen LogP) is -0.130. The highest BCUT2D eigenvalue weighted by Crippen LogP contribution is 2.08. The average Bonchev–Trinajstić information content (AvgIpc) is 2.86. The van der Waals surface area contributed by atoms with E-state index in [9.17, 15) is 29.1 Å². The minimum absolute atomic E-state index is 0.0353. The Hall–Kier alpha value is -4.25. The molecule has 0 fully saturated rings. The summed E-state index contributed by atoms with van der Waals surface area (Å²) in [6, 6.07) is 13.0. The molecule has 204 valence electrons. The van der Waals surface area contributed by atoms with E-state index in [1.165, 1.54) is 0 Å². The summed E-state index contributed by atoms with van der Waals surface area (Å²) >= 11 is 0. The molecule has 0 saturated carbocycles. The SMILES string of the molecule is CC(C)C(NC(=O)C(Cc1ccccc1)NC(=O)C(CC(N)=O)NC(=O)C(N)Cc1ccccc1)C(=O)O. The third kappa shape index (κ3) is 9.66. The quantitative estimate of drug-likeness (QED) is 0.198. The van der Waals surface area contributed by atoms with Crippen molar-refractivity contribution in [1.29, 1.82) is 0 Å². The molecular formula is C27H35N5O6. The van der Waals surface area contributed by atoms with Crippen LogP contribution in [-0.2, 0) is 36.8 Å². The summed E-state index contributed by atoms with van der Waals surface area (Å²) in [5, 5.41) is 16.9. The molecule has 0 spiro atoms. The molecule has 0 aliphatic heterocycles. The first-order chi connectivity index (χ1) is 18.0. The van der Waals surface area contributed by atoms with Crippen LogP contribution in [0.2, 0.25) is 0 Å². The van der Waals surface area contributed by atoms with Crippen LogP contribution >= 0.6 is 0 Å². The Balaban J connectivity index is 2.20. The molecule has 11 heteroatoms. The zero-order valence-corrected chi connectivity index (χ0v) is 21.4. The Morgan fingerprint density at radius 2 is 1.21 bits per heavy atom. The molecule has 0 aromatic heterocycles. The summed E-state index contributed by atoms with van der Waals surface area (Å²) in [5.74, 6) is -4.73. The lowest BCUT2D eigenvalue weighted by Gasteiger charge is -2.26. The highest BCUT2D eigenvalue weighted by atomic mass is 16.4. The molecule has 4 unspecified atom stereocenters. The topological polar surface area (TPSA) is 194 Å². The average molecular weight is 526 g/mol. The van der Waals surface area contributed by atoms with E-state index in [0.717, 1.165) is 5.56 Å². The van der Waals surface area contributed by atoms with Crippen LogP contribution < -0.4 is 27.4 Å². The fraction of sp³-hybridized carbons (Fsp3) is 0.370. The Kier molecular flexibility index (Phi) is 11.4. The molecule has 4 amide bonds. The lowest BCUT2D eigenvalue weighted by Crippen LogP contribution is -2.58. The number of nitrogens with two attached hydrogens (primary N) is 2. The van der Waals surface area contributed by atoms with Crippen molar-refractivity contribution in [2.75, 3.05) is 0 Å². The lowest BCUT2D eigenvalue weighted by atomic mass is 10.0. The van der Waals surface area contributed by atoms with E-state index < -0.39 is 66.1 Å². The van der Waals surface area contributed by atoms with Crippen molar-refractivity contribution in [3.8, 4) is 0 Å². The van der Waals surface area contributed by atoms with E-state index in [2.05, 4.69) is 16.0 Å². The number of carbonyl (C=O) groups is 5. The minimum Gasteiger partial charge on any atom is -0.480 e. The second kappa shape index (κ2) is 14.5. The molecule has 0 aliphatic rings. The number of carboxylic acid groups (broad SMARTS) is 1. The van der Waals surface area contributed by atoms with E-state index in [-0.39, 0.29) is 12.8 Å². The fourth-order valence-corrected chi connectivity index (χ4v) is 3.75. The molecule has 0 saturated heterocycles. The van der Waals surface area contributed by atoms with Gasteiger partial charge in [-0.25, -0.2) is 4.79 Å². The standard InChI is InChI=1S/C27H35N5O6/c1-16(2)23(27(37)38)32-26(36)20(14-18-11-7-4-8-12-18)31-25(35)21(15-22(29)33)30-24(34)19(28)13-17-9-5-3-6-10-17/h3-12,16,19-21,23H,13-15,28H2,1-2H3,(H2,29,33)(H,30,34)(H,31,35)(H,32,36)(H,37,38). The maximum absolute atomic E-state index is 13.2. The first-order valence-electron chi connectivity index (χ1n) is 12.2. The molecule has 8 N–H and O–H groups in total.